The van der Waals surface area contributed by atoms with Gasteiger partial charge < -0.3 is 4.90 Å². The quantitative estimate of drug-likeness (QED) is 0.249. The van der Waals surface area contributed by atoms with Crippen molar-refractivity contribution >= 4 is 23.1 Å². The van der Waals surface area contributed by atoms with Crippen molar-refractivity contribution in [3.63, 3.8) is 0 Å². The van der Waals surface area contributed by atoms with Crippen LogP contribution < -0.4 is 4.90 Å². The van der Waals surface area contributed by atoms with E-state index in [0.717, 1.165) is 43.7 Å². The van der Waals surface area contributed by atoms with E-state index in [4.69, 9.17) is 0 Å². The van der Waals surface area contributed by atoms with Gasteiger partial charge in [-0.25, -0.2) is 0 Å². The molecule has 178 valence electrons. The van der Waals surface area contributed by atoms with Crippen LogP contribution in [0.25, 0.3) is 11.1 Å². The van der Waals surface area contributed by atoms with Gasteiger partial charge >= 0.3 is 0 Å². The smallest absolute Gasteiger partial charge is 0.0553 e. The second-order valence-corrected chi connectivity index (χ2v) is 9.96. The summed E-state index contributed by atoms with van der Waals surface area (Å²) in [6, 6.07) is 26.4. The molecule has 5 rings (SSSR count). The summed E-state index contributed by atoms with van der Waals surface area (Å²) in [6.45, 7) is 7.46. The predicted molar refractivity (Wildman–Crippen MR) is 146 cm³/mol. The maximum Gasteiger partial charge on any atom is 0.0553 e. The Kier molecular flexibility index (Phi) is 7.45. The number of benzene rings is 2. The third-order valence-electron chi connectivity index (χ3n) is 6.79. The van der Waals surface area contributed by atoms with E-state index in [1.165, 1.54) is 26.7 Å². The normalized spacial score (nSPS) is 13.4. The maximum absolute atomic E-state index is 4.57. The lowest BCUT2D eigenvalue weighted by atomic mass is 10.1. The molecule has 0 aliphatic carbocycles. The minimum absolute atomic E-state index is 0.502. The van der Waals surface area contributed by atoms with Crippen LogP contribution in [-0.2, 0) is 6.54 Å². The fourth-order valence-corrected chi connectivity index (χ4v) is 6.04. The summed E-state index contributed by atoms with van der Waals surface area (Å²) in [6.07, 6.45) is 7.88. The van der Waals surface area contributed by atoms with Crippen LogP contribution in [-0.4, -0.2) is 34.0 Å². The average Bonchev–Trinajstić information content (AvgIpc) is 2.92. The lowest BCUT2D eigenvalue weighted by molar-refractivity contribution is 0.182. The summed E-state index contributed by atoms with van der Waals surface area (Å²) in [5.74, 6) is 0. The first kappa shape index (κ1) is 23.6. The molecular weight excluding hydrogens is 448 g/mol. The molecule has 1 atom stereocenters. The summed E-state index contributed by atoms with van der Waals surface area (Å²) in [5, 5.41) is 0. The van der Waals surface area contributed by atoms with Crippen molar-refractivity contribution < 1.29 is 0 Å². The van der Waals surface area contributed by atoms with Crippen molar-refractivity contribution in [2.45, 2.75) is 49.1 Å². The SMILES string of the molecule is CCC(CCN1c2ccccc2Sc2cc(-c3cccnc3)ccc21)N(CC)Cc1ccccn1. The Morgan fingerprint density at radius 2 is 1.71 bits per heavy atom. The molecule has 35 heavy (non-hydrogen) atoms. The fourth-order valence-electron chi connectivity index (χ4n) is 4.91. The predicted octanol–water partition coefficient (Wildman–Crippen LogP) is 7.44. The molecule has 5 heteroatoms. The largest absolute Gasteiger partial charge is 0.340 e. The van der Waals surface area contributed by atoms with Gasteiger partial charge in [0.2, 0.25) is 0 Å². The first-order valence-electron chi connectivity index (χ1n) is 12.5. The molecule has 0 amide bonds. The molecule has 0 bridgehead atoms. The van der Waals surface area contributed by atoms with Crippen LogP contribution in [0.5, 0.6) is 0 Å². The molecule has 4 aromatic rings. The minimum Gasteiger partial charge on any atom is -0.340 e. The van der Waals surface area contributed by atoms with Crippen molar-refractivity contribution in [2.24, 2.45) is 0 Å². The summed E-state index contributed by atoms with van der Waals surface area (Å²) in [7, 11) is 0. The molecule has 1 aliphatic heterocycles. The van der Waals surface area contributed by atoms with Gasteiger partial charge in [0, 0.05) is 53.1 Å². The van der Waals surface area contributed by atoms with E-state index in [0.29, 0.717) is 6.04 Å². The zero-order valence-electron chi connectivity index (χ0n) is 20.5. The van der Waals surface area contributed by atoms with Crippen molar-refractivity contribution in [1.82, 2.24) is 14.9 Å². The zero-order chi connectivity index (χ0) is 24.0. The van der Waals surface area contributed by atoms with Gasteiger partial charge in [-0.15, -0.1) is 0 Å². The van der Waals surface area contributed by atoms with Crippen LogP contribution in [0.4, 0.5) is 11.4 Å². The third kappa shape index (κ3) is 5.26. The van der Waals surface area contributed by atoms with E-state index in [1.54, 1.807) is 0 Å². The number of hydrogen-bond acceptors (Lipinski definition) is 5. The van der Waals surface area contributed by atoms with Crippen LogP contribution in [0.3, 0.4) is 0 Å². The molecule has 2 aromatic carbocycles. The number of aromatic nitrogens is 2. The molecule has 1 unspecified atom stereocenters. The lowest BCUT2D eigenvalue weighted by Gasteiger charge is -2.36. The number of fused-ring (bicyclic) bond motifs is 2. The topological polar surface area (TPSA) is 32.3 Å². The van der Waals surface area contributed by atoms with Crippen molar-refractivity contribution in [3.8, 4) is 11.1 Å². The second-order valence-electron chi connectivity index (χ2n) is 8.88. The van der Waals surface area contributed by atoms with Crippen LogP contribution >= 0.6 is 11.8 Å². The maximum atomic E-state index is 4.57. The molecule has 1 aliphatic rings. The summed E-state index contributed by atoms with van der Waals surface area (Å²) >= 11 is 1.87. The molecule has 3 heterocycles. The molecule has 0 fully saturated rings. The Balaban J connectivity index is 1.40. The van der Waals surface area contributed by atoms with Crippen LogP contribution in [0.15, 0.2) is 101 Å². The van der Waals surface area contributed by atoms with Crippen LogP contribution in [0, 0.1) is 0 Å². The number of rotatable bonds is 9. The highest BCUT2D eigenvalue weighted by molar-refractivity contribution is 7.99. The van der Waals surface area contributed by atoms with Crippen LogP contribution in [0.2, 0.25) is 0 Å². The number of para-hydroxylation sites is 1. The lowest BCUT2D eigenvalue weighted by Crippen LogP contribution is -2.37. The Hall–Kier alpha value is -3.15. The number of nitrogens with zero attached hydrogens (tertiary/aromatic N) is 4. The number of anilines is 2. The van der Waals surface area contributed by atoms with Gasteiger partial charge in [0.25, 0.3) is 0 Å². The molecule has 0 saturated carbocycles. The summed E-state index contributed by atoms with van der Waals surface area (Å²) in [5.41, 5.74) is 6.11. The van der Waals surface area contributed by atoms with E-state index in [-0.39, 0.29) is 0 Å². The fraction of sp³-hybridized carbons (Fsp3) is 0.267. The Bertz CT molecular complexity index is 1250. The number of hydrogen-bond donors (Lipinski definition) is 0. The van der Waals surface area contributed by atoms with Gasteiger partial charge in [-0.3, -0.25) is 14.9 Å². The Morgan fingerprint density at radius 3 is 2.49 bits per heavy atom. The van der Waals surface area contributed by atoms with Gasteiger partial charge in [0.15, 0.2) is 0 Å². The molecule has 0 spiro atoms. The van der Waals surface area contributed by atoms with Gasteiger partial charge in [0.05, 0.1) is 17.1 Å². The van der Waals surface area contributed by atoms with E-state index in [2.05, 4.69) is 94.3 Å². The standard InChI is InChI=1S/C30H32N4S/c1-3-26(33(4-2)22-25-11-7-8-18-32-25)16-19-34-27-12-5-6-13-29(27)35-30-20-23(14-15-28(30)34)24-10-9-17-31-21-24/h5-15,17-18,20-21,26H,3-4,16,19,22H2,1-2H3. The first-order chi connectivity index (χ1) is 17.3. The van der Waals surface area contributed by atoms with Gasteiger partial charge in [0.1, 0.15) is 0 Å². The molecule has 0 N–H and O–H groups in total. The van der Waals surface area contributed by atoms with Crippen LogP contribution in [0.1, 0.15) is 32.4 Å². The Labute approximate surface area is 213 Å². The average molecular weight is 481 g/mol. The molecule has 4 nitrogen and oxygen atoms in total. The summed E-state index contributed by atoms with van der Waals surface area (Å²) < 4.78 is 0. The van der Waals surface area contributed by atoms with Gasteiger partial charge in [-0.2, -0.15) is 0 Å². The van der Waals surface area contributed by atoms with E-state index >= 15 is 0 Å². The van der Waals surface area contributed by atoms with Gasteiger partial charge in [-0.1, -0.05) is 55.9 Å². The highest BCUT2D eigenvalue weighted by atomic mass is 32.2. The molecule has 0 radical (unpaired) electrons. The Morgan fingerprint density at radius 1 is 0.857 bits per heavy atom. The second kappa shape index (κ2) is 11.1. The highest BCUT2D eigenvalue weighted by Gasteiger charge is 2.25. The number of pyridine rings is 2. The monoisotopic (exact) mass is 480 g/mol. The van der Waals surface area contributed by atoms with E-state index in [1.807, 2.05) is 42.5 Å². The van der Waals surface area contributed by atoms with Crippen molar-refractivity contribution in [1.29, 1.82) is 0 Å². The van der Waals surface area contributed by atoms with Crippen molar-refractivity contribution in [2.75, 3.05) is 18.0 Å². The molecular formula is C30H32N4S. The highest BCUT2D eigenvalue weighted by Crippen LogP contribution is 2.49. The van der Waals surface area contributed by atoms with Crippen molar-refractivity contribution in [3.05, 3.63) is 97.1 Å². The van der Waals surface area contributed by atoms with Gasteiger partial charge in [-0.05, 0) is 67.4 Å². The molecule has 0 saturated heterocycles. The first-order valence-corrected chi connectivity index (χ1v) is 13.3. The minimum atomic E-state index is 0.502. The molecule has 2 aromatic heterocycles. The van der Waals surface area contributed by atoms with E-state index in [9.17, 15) is 0 Å². The van der Waals surface area contributed by atoms with E-state index < -0.39 is 0 Å². The summed E-state index contributed by atoms with van der Waals surface area (Å²) in [4.78, 5) is 16.6. The third-order valence-corrected chi connectivity index (χ3v) is 7.90. The zero-order valence-corrected chi connectivity index (χ0v) is 21.3.